The maximum absolute atomic E-state index is 13.2. The van der Waals surface area contributed by atoms with E-state index in [9.17, 15) is 4.79 Å². The fourth-order valence-corrected chi connectivity index (χ4v) is 4.26. The number of nitrogens with zero attached hydrogens (tertiary/aromatic N) is 2. The number of anilines is 1. The van der Waals surface area contributed by atoms with E-state index in [-0.39, 0.29) is 5.91 Å². The molecule has 3 aromatic rings. The number of methoxy groups -OCH3 is 1. The first-order valence-electron chi connectivity index (χ1n) is 11.3. The number of hydrogen-bond donors (Lipinski definition) is 2. The molecule has 2 N–H and O–H groups in total. The van der Waals surface area contributed by atoms with Crippen molar-refractivity contribution in [3.8, 4) is 22.6 Å². The number of aromatic nitrogens is 1. The van der Waals surface area contributed by atoms with Crippen LogP contribution in [-0.4, -0.2) is 55.0 Å². The van der Waals surface area contributed by atoms with Crippen LogP contribution >= 0.6 is 11.6 Å². The highest BCUT2D eigenvalue weighted by molar-refractivity contribution is 6.30. The number of halogens is 1. The van der Waals surface area contributed by atoms with E-state index in [0.29, 0.717) is 40.6 Å². The van der Waals surface area contributed by atoms with E-state index in [4.69, 9.17) is 26.5 Å². The molecule has 1 aromatic heterocycles. The molecule has 2 heterocycles. The van der Waals surface area contributed by atoms with Crippen molar-refractivity contribution in [3.05, 3.63) is 65.4 Å². The highest BCUT2D eigenvalue weighted by Crippen LogP contribution is 2.33. The van der Waals surface area contributed by atoms with Crippen LogP contribution in [0.3, 0.4) is 0 Å². The number of carbonyl (C=O) groups is 1. The van der Waals surface area contributed by atoms with Crippen LogP contribution in [0.15, 0.2) is 54.7 Å². The van der Waals surface area contributed by atoms with Crippen molar-refractivity contribution >= 4 is 29.5 Å². The lowest BCUT2D eigenvalue weighted by atomic mass is 10.1. The number of aromatic amines is 1. The van der Waals surface area contributed by atoms with Gasteiger partial charge in [0.25, 0.3) is 5.91 Å². The summed E-state index contributed by atoms with van der Waals surface area (Å²) in [4.78, 5) is 19.9. The van der Waals surface area contributed by atoms with E-state index in [1.807, 2.05) is 12.1 Å². The van der Waals surface area contributed by atoms with E-state index in [0.717, 1.165) is 30.6 Å². The number of amides is 1. The number of carbonyl (C=O) groups excluding carboxylic acids is 1. The van der Waals surface area contributed by atoms with Gasteiger partial charge in [-0.15, -0.1) is 0 Å². The Morgan fingerprint density at radius 1 is 1.15 bits per heavy atom. The number of likely N-dealkylation sites (tertiary alicyclic amines) is 1. The summed E-state index contributed by atoms with van der Waals surface area (Å²) in [5.74, 6) is 0.771. The maximum Gasteiger partial charge on any atom is 0.279 e. The Labute approximate surface area is 204 Å². The number of hydrogen-bond acceptors (Lipinski definition) is 5. The molecular formula is C26H29ClN4O3. The van der Waals surface area contributed by atoms with Crippen molar-refractivity contribution in [2.24, 2.45) is 0 Å². The Morgan fingerprint density at radius 2 is 1.88 bits per heavy atom. The topological polar surface area (TPSA) is 81.7 Å². The Morgan fingerprint density at radius 3 is 2.56 bits per heavy atom. The van der Waals surface area contributed by atoms with Gasteiger partial charge in [0.15, 0.2) is 11.5 Å². The molecule has 0 saturated carbocycles. The van der Waals surface area contributed by atoms with Crippen molar-refractivity contribution in [2.75, 3.05) is 31.7 Å². The molecule has 4 rings (SSSR count). The molecule has 7 nitrogen and oxygen atoms in total. The Kier molecular flexibility index (Phi) is 7.55. The summed E-state index contributed by atoms with van der Waals surface area (Å²) in [6.45, 7) is 4.93. The second-order valence-corrected chi connectivity index (χ2v) is 8.79. The zero-order valence-corrected chi connectivity index (χ0v) is 20.1. The molecule has 8 heteroatoms. The first-order valence-corrected chi connectivity index (χ1v) is 11.7. The Hall–Kier alpha value is -3.29. The zero-order valence-electron chi connectivity index (χ0n) is 19.4. The quantitative estimate of drug-likeness (QED) is 0.314. The molecule has 178 valence electrons. The second-order valence-electron chi connectivity index (χ2n) is 8.35. The molecule has 1 aliphatic rings. The molecule has 0 radical (unpaired) electrons. The standard InChI is InChI=1S/C26H29ClN4O3/c1-18(30-11-3-4-12-30)16-34-24-10-9-22(14-25(24)33-2)31(17-28)26(32)23-13-20(15-29-23)19-5-7-21(27)8-6-19/h5-10,13-15,17-18,28-29H,3-4,11-12,16H2,1-2H3. The number of benzene rings is 2. The third-order valence-electron chi connectivity index (χ3n) is 6.11. The van der Waals surface area contributed by atoms with Crippen LogP contribution in [-0.2, 0) is 0 Å². The average molecular weight is 481 g/mol. The van der Waals surface area contributed by atoms with Gasteiger partial charge in [-0.25, -0.2) is 0 Å². The van der Waals surface area contributed by atoms with Crippen LogP contribution in [0.1, 0.15) is 30.3 Å². The highest BCUT2D eigenvalue weighted by atomic mass is 35.5. The predicted octanol–water partition coefficient (Wildman–Crippen LogP) is 5.46. The molecule has 0 spiro atoms. The van der Waals surface area contributed by atoms with Crippen molar-refractivity contribution in [2.45, 2.75) is 25.8 Å². The first-order chi connectivity index (χ1) is 16.5. The van der Waals surface area contributed by atoms with Gasteiger partial charge < -0.3 is 14.5 Å². The lowest BCUT2D eigenvalue weighted by Crippen LogP contribution is -2.34. The molecule has 1 unspecified atom stereocenters. The zero-order chi connectivity index (χ0) is 24.1. The number of rotatable bonds is 9. The largest absolute Gasteiger partial charge is 0.493 e. The van der Waals surface area contributed by atoms with Gasteiger partial charge in [-0.05, 0) is 74.3 Å². The van der Waals surface area contributed by atoms with Crippen LogP contribution < -0.4 is 14.4 Å². The van der Waals surface area contributed by atoms with Crippen LogP contribution in [0.2, 0.25) is 5.02 Å². The average Bonchev–Trinajstić information content (AvgIpc) is 3.56. The number of H-pyrrole nitrogens is 1. The molecule has 1 atom stereocenters. The van der Waals surface area contributed by atoms with E-state index < -0.39 is 0 Å². The van der Waals surface area contributed by atoms with Gasteiger partial charge >= 0.3 is 0 Å². The summed E-state index contributed by atoms with van der Waals surface area (Å²) < 4.78 is 11.6. The normalized spacial score (nSPS) is 14.6. The third-order valence-corrected chi connectivity index (χ3v) is 6.36. The molecule has 1 fully saturated rings. The summed E-state index contributed by atoms with van der Waals surface area (Å²) in [6, 6.07) is 14.7. The molecular weight excluding hydrogens is 452 g/mol. The van der Waals surface area contributed by atoms with Gasteiger partial charge in [0.1, 0.15) is 12.3 Å². The lowest BCUT2D eigenvalue weighted by molar-refractivity contribution is 0.0999. The molecule has 34 heavy (non-hydrogen) atoms. The van der Waals surface area contributed by atoms with Crippen LogP contribution in [0.25, 0.3) is 11.1 Å². The predicted molar refractivity (Wildman–Crippen MR) is 136 cm³/mol. The van der Waals surface area contributed by atoms with Crippen molar-refractivity contribution in [3.63, 3.8) is 0 Å². The minimum Gasteiger partial charge on any atom is -0.493 e. The number of ether oxygens (including phenoxy) is 2. The van der Waals surface area contributed by atoms with Gasteiger partial charge in [0.2, 0.25) is 0 Å². The monoisotopic (exact) mass is 480 g/mol. The van der Waals surface area contributed by atoms with Gasteiger partial charge in [-0.1, -0.05) is 23.7 Å². The molecule has 1 amide bonds. The van der Waals surface area contributed by atoms with Crippen molar-refractivity contribution in [1.82, 2.24) is 9.88 Å². The molecule has 2 aromatic carbocycles. The molecule has 1 saturated heterocycles. The summed E-state index contributed by atoms with van der Waals surface area (Å²) in [7, 11) is 1.57. The molecule has 0 bridgehead atoms. The maximum atomic E-state index is 13.2. The van der Waals surface area contributed by atoms with Gasteiger partial charge in [-0.2, -0.15) is 0 Å². The second kappa shape index (κ2) is 10.8. The minimum atomic E-state index is -0.353. The third kappa shape index (κ3) is 5.26. The van der Waals surface area contributed by atoms with Crippen molar-refractivity contribution in [1.29, 1.82) is 5.41 Å². The van der Waals surface area contributed by atoms with Crippen molar-refractivity contribution < 1.29 is 14.3 Å². The fourth-order valence-electron chi connectivity index (χ4n) is 4.13. The summed E-state index contributed by atoms with van der Waals surface area (Å²) >= 11 is 5.97. The molecule has 1 aliphatic heterocycles. The smallest absolute Gasteiger partial charge is 0.279 e. The van der Waals surface area contributed by atoms with Gasteiger partial charge in [0.05, 0.1) is 19.1 Å². The lowest BCUT2D eigenvalue weighted by Gasteiger charge is -2.24. The van der Waals surface area contributed by atoms with Gasteiger partial charge in [-0.3, -0.25) is 20.0 Å². The summed E-state index contributed by atoms with van der Waals surface area (Å²) in [5, 5.41) is 8.51. The Bertz CT molecular complexity index is 1140. The SMILES string of the molecule is COc1cc(N(C=N)C(=O)c2cc(-c3ccc(Cl)cc3)c[nH]2)ccc1OCC(C)N1CCCC1. The van der Waals surface area contributed by atoms with Crippen LogP contribution in [0, 0.1) is 5.41 Å². The first kappa shape index (κ1) is 23.9. The van der Waals surface area contributed by atoms with E-state index in [1.165, 1.54) is 17.7 Å². The summed E-state index contributed by atoms with van der Waals surface area (Å²) in [5.41, 5.74) is 2.68. The fraction of sp³-hybridized carbons (Fsp3) is 0.308. The summed E-state index contributed by atoms with van der Waals surface area (Å²) in [6.07, 6.45) is 5.23. The van der Waals surface area contributed by atoms with Gasteiger partial charge in [0, 0.05) is 23.3 Å². The number of nitrogens with one attached hydrogen (secondary N) is 2. The highest BCUT2D eigenvalue weighted by Gasteiger charge is 2.21. The van der Waals surface area contributed by atoms with E-state index in [1.54, 1.807) is 49.7 Å². The van der Waals surface area contributed by atoms with Crippen LogP contribution in [0.5, 0.6) is 11.5 Å². The van der Waals surface area contributed by atoms with E-state index in [2.05, 4.69) is 16.8 Å². The Balaban J connectivity index is 1.49. The van der Waals surface area contributed by atoms with E-state index >= 15 is 0 Å². The minimum absolute atomic E-state index is 0.314. The van der Waals surface area contributed by atoms with Crippen LogP contribution in [0.4, 0.5) is 5.69 Å². The molecule has 0 aliphatic carbocycles.